The van der Waals surface area contributed by atoms with Gasteiger partial charge in [0.1, 0.15) is 0 Å². The molecule has 1 aliphatic carbocycles. The largest absolute Gasteiger partial charge is 0.345 e. The molecule has 1 aromatic carbocycles. The van der Waals surface area contributed by atoms with Gasteiger partial charge < -0.3 is 4.57 Å². The SMILES string of the molecule is Cc1cc(C(=O)Nc2nnc(SCc3ccc(C#N)cc3)s2)c(C)n1C1CC1. The molecule has 1 fully saturated rings. The summed E-state index contributed by atoms with van der Waals surface area (Å²) in [6.45, 7) is 4.05. The molecule has 3 aromatic rings. The number of amides is 1. The molecule has 1 aliphatic rings. The van der Waals surface area contributed by atoms with E-state index in [2.05, 4.69) is 26.2 Å². The van der Waals surface area contributed by atoms with Gasteiger partial charge in [-0.1, -0.05) is 35.2 Å². The Kier molecular flexibility index (Phi) is 5.20. The highest BCUT2D eigenvalue weighted by atomic mass is 32.2. The minimum absolute atomic E-state index is 0.139. The number of carbonyl (C=O) groups is 1. The van der Waals surface area contributed by atoms with Crippen LogP contribution in [0.4, 0.5) is 5.13 Å². The predicted octanol–water partition coefficient (Wildman–Crippen LogP) is 4.71. The van der Waals surface area contributed by atoms with Gasteiger partial charge in [-0.3, -0.25) is 10.1 Å². The van der Waals surface area contributed by atoms with Crippen molar-refractivity contribution in [1.82, 2.24) is 14.8 Å². The first-order chi connectivity index (χ1) is 13.5. The van der Waals surface area contributed by atoms with Gasteiger partial charge in [-0.05, 0) is 50.5 Å². The van der Waals surface area contributed by atoms with E-state index >= 15 is 0 Å². The first-order valence-electron chi connectivity index (χ1n) is 9.00. The number of nitrogens with one attached hydrogen (secondary N) is 1. The minimum atomic E-state index is -0.139. The van der Waals surface area contributed by atoms with E-state index in [1.165, 1.54) is 24.2 Å². The monoisotopic (exact) mass is 409 g/mol. The summed E-state index contributed by atoms with van der Waals surface area (Å²) in [4.78, 5) is 12.7. The van der Waals surface area contributed by atoms with Crippen molar-refractivity contribution in [2.45, 2.75) is 42.8 Å². The molecule has 1 N–H and O–H groups in total. The highest BCUT2D eigenvalue weighted by Crippen LogP contribution is 2.38. The van der Waals surface area contributed by atoms with Crippen molar-refractivity contribution in [2.75, 3.05) is 5.32 Å². The lowest BCUT2D eigenvalue weighted by atomic mass is 10.2. The normalized spacial score (nSPS) is 13.3. The smallest absolute Gasteiger partial charge is 0.259 e. The molecule has 1 saturated carbocycles. The highest BCUT2D eigenvalue weighted by molar-refractivity contribution is 8.00. The average Bonchev–Trinajstić information content (AvgIpc) is 3.35. The Morgan fingerprint density at radius 3 is 2.75 bits per heavy atom. The molecule has 0 atom stereocenters. The Morgan fingerprint density at radius 2 is 2.07 bits per heavy atom. The number of nitriles is 1. The van der Waals surface area contributed by atoms with Gasteiger partial charge in [0, 0.05) is 23.2 Å². The van der Waals surface area contributed by atoms with Crippen LogP contribution in [0.3, 0.4) is 0 Å². The molecule has 2 aromatic heterocycles. The maximum absolute atomic E-state index is 12.7. The lowest BCUT2D eigenvalue weighted by Gasteiger charge is -2.07. The van der Waals surface area contributed by atoms with Gasteiger partial charge in [0.15, 0.2) is 4.34 Å². The topological polar surface area (TPSA) is 83.6 Å². The van der Waals surface area contributed by atoms with E-state index in [1.807, 2.05) is 32.0 Å². The van der Waals surface area contributed by atoms with Gasteiger partial charge in [0.2, 0.25) is 5.13 Å². The van der Waals surface area contributed by atoms with Gasteiger partial charge in [-0.15, -0.1) is 10.2 Å². The molecule has 0 spiro atoms. The van der Waals surface area contributed by atoms with Crippen LogP contribution in [-0.2, 0) is 5.75 Å². The number of aryl methyl sites for hydroxylation is 1. The highest BCUT2D eigenvalue weighted by Gasteiger charge is 2.28. The third kappa shape index (κ3) is 3.96. The second-order valence-corrected chi connectivity index (χ2v) is 9.01. The summed E-state index contributed by atoms with van der Waals surface area (Å²) in [6, 6.07) is 12.1. The third-order valence-electron chi connectivity index (χ3n) is 4.71. The fraction of sp³-hybridized carbons (Fsp3) is 0.300. The number of carbonyl (C=O) groups excluding carboxylic acids is 1. The molecule has 0 bridgehead atoms. The first kappa shape index (κ1) is 18.7. The Hall–Kier alpha value is -2.63. The predicted molar refractivity (Wildman–Crippen MR) is 111 cm³/mol. The van der Waals surface area contributed by atoms with Crippen LogP contribution in [-0.4, -0.2) is 20.7 Å². The van der Waals surface area contributed by atoms with Gasteiger partial charge in [0.25, 0.3) is 5.91 Å². The molecule has 28 heavy (non-hydrogen) atoms. The summed E-state index contributed by atoms with van der Waals surface area (Å²) in [6.07, 6.45) is 2.38. The van der Waals surface area contributed by atoms with Crippen molar-refractivity contribution in [3.05, 3.63) is 58.4 Å². The molecule has 2 heterocycles. The second-order valence-electron chi connectivity index (χ2n) is 6.81. The lowest BCUT2D eigenvalue weighted by Crippen LogP contribution is -2.13. The molecule has 4 rings (SSSR count). The number of aromatic nitrogens is 3. The molecule has 0 unspecified atom stereocenters. The Morgan fingerprint density at radius 1 is 1.32 bits per heavy atom. The fourth-order valence-corrected chi connectivity index (χ4v) is 4.91. The molecule has 0 radical (unpaired) electrons. The van der Waals surface area contributed by atoms with Crippen LogP contribution >= 0.6 is 23.1 Å². The molecule has 6 nitrogen and oxygen atoms in total. The van der Waals surface area contributed by atoms with Crippen LogP contribution in [0.5, 0.6) is 0 Å². The zero-order valence-electron chi connectivity index (χ0n) is 15.6. The Balaban J connectivity index is 1.38. The van der Waals surface area contributed by atoms with E-state index in [0.717, 1.165) is 27.0 Å². The van der Waals surface area contributed by atoms with Crippen LogP contribution in [0.1, 0.15) is 51.8 Å². The van der Waals surface area contributed by atoms with Crippen LogP contribution < -0.4 is 5.32 Å². The number of hydrogen-bond acceptors (Lipinski definition) is 6. The Labute approximate surface area is 171 Å². The molecule has 1 amide bonds. The van der Waals surface area contributed by atoms with Crippen LogP contribution in [0.25, 0.3) is 0 Å². The van der Waals surface area contributed by atoms with E-state index in [1.54, 1.807) is 23.9 Å². The van der Waals surface area contributed by atoms with Crippen molar-refractivity contribution >= 4 is 34.1 Å². The number of rotatable bonds is 6. The van der Waals surface area contributed by atoms with Crippen LogP contribution in [0.2, 0.25) is 0 Å². The molecule has 0 aliphatic heterocycles. The standard InChI is InChI=1S/C20H19N5OS2/c1-12-9-17(13(2)25(12)16-7-8-16)18(26)22-19-23-24-20(28-19)27-11-15-5-3-14(10-21)4-6-15/h3-6,9,16H,7-8,11H2,1-2H3,(H,22,23,26). The minimum Gasteiger partial charge on any atom is -0.345 e. The summed E-state index contributed by atoms with van der Waals surface area (Å²) in [5.41, 5.74) is 4.60. The van der Waals surface area contributed by atoms with Crippen molar-refractivity contribution in [3.63, 3.8) is 0 Å². The van der Waals surface area contributed by atoms with E-state index in [4.69, 9.17) is 5.26 Å². The van der Waals surface area contributed by atoms with E-state index in [9.17, 15) is 4.79 Å². The molecular weight excluding hydrogens is 390 g/mol. The van der Waals surface area contributed by atoms with E-state index < -0.39 is 0 Å². The number of thioether (sulfide) groups is 1. The van der Waals surface area contributed by atoms with Crippen LogP contribution in [0, 0.1) is 25.2 Å². The first-order valence-corrected chi connectivity index (χ1v) is 10.8. The number of benzene rings is 1. The summed E-state index contributed by atoms with van der Waals surface area (Å²) >= 11 is 2.93. The zero-order valence-corrected chi connectivity index (χ0v) is 17.2. The summed E-state index contributed by atoms with van der Waals surface area (Å²) in [7, 11) is 0. The third-order valence-corrected chi connectivity index (χ3v) is 6.76. The quantitative estimate of drug-likeness (QED) is 0.471. The van der Waals surface area contributed by atoms with Crippen molar-refractivity contribution in [3.8, 4) is 6.07 Å². The average molecular weight is 410 g/mol. The molecule has 142 valence electrons. The summed E-state index contributed by atoms with van der Waals surface area (Å²) in [5, 5.41) is 20.5. The lowest BCUT2D eigenvalue weighted by molar-refractivity contribution is 0.102. The molecule has 8 heteroatoms. The number of hydrogen-bond donors (Lipinski definition) is 1. The molecule has 0 saturated heterocycles. The fourth-order valence-electron chi connectivity index (χ4n) is 3.21. The Bertz CT molecular complexity index is 1060. The second kappa shape index (κ2) is 7.78. The maximum atomic E-state index is 12.7. The van der Waals surface area contributed by atoms with Crippen molar-refractivity contribution < 1.29 is 4.79 Å². The van der Waals surface area contributed by atoms with E-state index in [0.29, 0.717) is 22.3 Å². The number of nitrogens with zero attached hydrogens (tertiary/aromatic N) is 4. The van der Waals surface area contributed by atoms with Crippen LogP contribution in [0.15, 0.2) is 34.7 Å². The van der Waals surface area contributed by atoms with Gasteiger partial charge in [0.05, 0.1) is 17.2 Å². The van der Waals surface area contributed by atoms with E-state index in [-0.39, 0.29) is 5.91 Å². The van der Waals surface area contributed by atoms with Gasteiger partial charge >= 0.3 is 0 Å². The molecular formula is C20H19N5OS2. The van der Waals surface area contributed by atoms with Gasteiger partial charge in [-0.25, -0.2) is 0 Å². The van der Waals surface area contributed by atoms with Crippen molar-refractivity contribution in [1.29, 1.82) is 5.26 Å². The van der Waals surface area contributed by atoms with Crippen molar-refractivity contribution in [2.24, 2.45) is 0 Å². The maximum Gasteiger partial charge on any atom is 0.259 e. The summed E-state index contributed by atoms with van der Waals surface area (Å²) in [5.74, 6) is 0.594. The zero-order chi connectivity index (χ0) is 19.7. The summed E-state index contributed by atoms with van der Waals surface area (Å²) < 4.78 is 3.05. The number of anilines is 1. The van der Waals surface area contributed by atoms with Gasteiger partial charge in [-0.2, -0.15) is 5.26 Å².